The summed E-state index contributed by atoms with van der Waals surface area (Å²) >= 11 is 5.84. The average molecular weight is 418 g/mol. The minimum atomic E-state index is -0.652. The van der Waals surface area contributed by atoms with Gasteiger partial charge in [-0.3, -0.25) is 10.1 Å². The molecule has 0 fully saturated rings. The summed E-state index contributed by atoms with van der Waals surface area (Å²) in [5, 5.41) is 11.1. The first-order chi connectivity index (χ1) is 13.4. The Kier molecular flexibility index (Phi) is 6.74. The van der Waals surface area contributed by atoms with Gasteiger partial charge in [0.15, 0.2) is 0 Å². The van der Waals surface area contributed by atoms with Crippen LogP contribution in [0.5, 0.6) is 5.75 Å². The summed E-state index contributed by atoms with van der Waals surface area (Å²) in [7, 11) is 0. The third-order valence-electron chi connectivity index (χ3n) is 5.84. The molecule has 2 aromatic carbocycles. The Bertz CT molecular complexity index is 934. The molecule has 0 saturated carbocycles. The van der Waals surface area contributed by atoms with Gasteiger partial charge in [0.2, 0.25) is 0 Å². The molecule has 0 unspecified atom stereocenters. The highest BCUT2D eigenvalue weighted by Crippen LogP contribution is 2.39. The standard InChI is InChI=1S/C23H28ClNO4/c1-7-22(3,4)16-10-12-20(17(14-16)23(5,6)8-2)29-21(26)15-9-11-18(24)19(13-15)25(27)28/h9-14H,7-8H2,1-6H3. The van der Waals surface area contributed by atoms with Crippen LogP contribution in [0, 0.1) is 10.1 Å². The minimum absolute atomic E-state index is 0.00208. The van der Waals surface area contributed by atoms with Crippen molar-refractivity contribution in [1.29, 1.82) is 0 Å². The van der Waals surface area contributed by atoms with E-state index < -0.39 is 10.9 Å². The summed E-state index contributed by atoms with van der Waals surface area (Å²) < 4.78 is 5.69. The SMILES string of the molecule is CCC(C)(C)c1ccc(OC(=O)c2ccc(Cl)c([N+](=O)[O-])c2)c(C(C)(C)CC)c1. The smallest absolute Gasteiger partial charge is 0.343 e. The van der Waals surface area contributed by atoms with Crippen LogP contribution in [0.2, 0.25) is 5.02 Å². The Hall–Kier alpha value is -2.40. The molecule has 0 spiro atoms. The molecule has 0 N–H and O–H groups in total. The van der Waals surface area contributed by atoms with Gasteiger partial charge in [0.25, 0.3) is 5.69 Å². The number of nitro benzene ring substituents is 1. The van der Waals surface area contributed by atoms with Gasteiger partial charge in [-0.05, 0) is 47.4 Å². The van der Waals surface area contributed by atoms with E-state index in [0.29, 0.717) is 5.75 Å². The molecule has 0 atom stereocenters. The first-order valence-corrected chi connectivity index (χ1v) is 10.1. The number of esters is 1. The molecular formula is C23H28ClNO4. The topological polar surface area (TPSA) is 69.4 Å². The highest BCUT2D eigenvalue weighted by molar-refractivity contribution is 6.32. The van der Waals surface area contributed by atoms with Crippen molar-refractivity contribution in [3.8, 4) is 5.75 Å². The van der Waals surface area contributed by atoms with E-state index in [1.807, 2.05) is 12.1 Å². The predicted octanol–water partition coefficient (Wildman–Crippen LogP) is 6.84. The summed E-state index contributed by atoms with van der Waals surface area (Å²) in [6.07, 6.45) is 1.84. The van der Waals surface area contributed by atoms with Crippen molar-refractivity contribution in [3.05, 3.63) is 68.2 Å². The molecule has 5 nitrogen and oxygen atoms in total. The fraction of sp³-hybridized carbons (Fsp3) is 0.435. The molecule has 0 aliphatic carbocycles. The van der Waals surface area contributed by atoms with Crippen LogP contribution in [0.3, 0.4) is 0 Å². The largest absolute Gasteiger partial charge is 0.423 e. The molecule has 0 aromatic heterocycles. The highest BCUT2D eigenvalue weighted by Gasteiger charge is 2.28. The summed E-state index contributed by atoms with van der Waals surface area (Å²) in [6.45, 7) is 12.8. The van der Waals surface area contributed by atoms with Gasteiger partial charge in [-0.1, -0.05) is 65.3 Å². The van der Waals surface area contributed by atoms with Crippen LogP contribution < -0.4 is 4.74 Å². The molecule has 0 saturated heterocycles. The average Bonchev–Trinajstić information content (AvgIpc) is 2.68. The van der Waals surface area contributed by atoms with E-state index in [1.165, 1.54) is 17.7 Å². The molecule has 0 heterocycles. The van der Waals surface area contributed by atoms with E-state index in [2.05, 4.69) is 47.6 Å². The van der Waals surface area contributed by atoms with Crippen LogP contribution in [0.4, 0.5) is 5.69 Å². The number of nitro groups is 1. The Morgan fingerprint density at radius 2 is 1.66 bits per heavy atom. The van der Waals surface area contributed by atoms with Gasteiger partial charge in [0.1, 0.15) is 10.8 Å². The van der Waals surface area contributed by atoms with Crippen molar-refractivity contribution in [3.63, 3.8) is 0 Å². The van der Waals surface area contributed by atoms with E-state index in [1.54, 1.807) is 0 Å². The molecule has 29 heavy (non-hydrogen) atoms. The van der Waals surface area contributed by atoms with Gasteiger partial charge in [-0.2, -0.15) is 0 Å². The lowest BCUT2D eigenvalue weighted by Crippen LogP contribution is -2.22. The van der Waals surface area contributed by atoms with Gasteiger partial charge >= 0.3 is 5.97 Å². The third-order valence-corrected chi connectivity index (χ3v) is 6.16. The van der Waals surface area contributed by atoms with Crippen LogP contribution in [-0.2, 0) is 10.8 Å². The molecule has 2 rings (SSSR count). The van der Waals surface area contributed by atoms with Gasteiger partial charge in [-0.15, -0.1) is 0 Å². The van der Waals surface area contributed by atoms with E-state index in [9.17, 15) is 14.9 Å². The molecule has 2 aromatic rings. The lowest BCUT2D eigenvalue weighted by molar-refractivity contribution is -0.384. The monoisotopic (exact) mass is 417 g/mol. The Balaban J connectivity index is 2.48. The zero-order chi connectivity index (χ0) is 22.0. The summed E-state index contributed by atoms with van der Waals surface area (Å²) in [4.78, 5) is 23.2. The fourth-order valence-corrected chi connectivity index (χ4v) is 3.09. The van der Waals surface area contributed by atoms with Gasteiger partial charge in [0.05, 0.1) is 10.5 Å². The number of nitrogens with zero attached hydrogens (tertiary/aromatic N) is 1. The van der Waals surface area contributed by atoms with Gasteiger partial charge in [-0.25, -0.2) is 4.79 Å². The molecular weight excluding hydrogens is 390 g/mol. The molecule has 0 aliphatic rings. The van der Waals surface area contributed by atoms with Crippen molar-refractivity contribution in [1.82, 2.24) is 0 Å². The summed E-state index contributed by atoms with van der Waals surface area (Å²) in [5.41, 5.74) is 1.67. The van der Waals surface area contributed by atoms with Gasteiger partial charge in [0, 0.05) is 11.6 Å². The number of ether oxygens (including phenoxy) is 1. The number of hydrogen-bond donors (Lipinski definition) is 0. The minimum Gasteiger partial charge on any atom is -0.423 e. The second kappa shape index (κ2) is 8.54. The molecule has 0 bridgehead atoms. The van der Waals surface area contributed by atoms with Gasteiger partial charge < -0.3 is 4.74 Å². The van der Waals surface area contributed by atoms with Crippen molar-refractivity contribution in [2.24, 2.45) is 0 Å². The van der Waals surface area contributed by atoms with Crippen LogP contribution in [0.1, 0.15) is 75.9 Å². The second-order valence-electron chi connectivity index (χ2n) is 8.50. The molecule has 6 heteroatoms. The predicted molar refractivity (Wildman–Crippen MR) is 116 cm³/mol. The van der Waals surface area contributed by atoms with E-state index >= 15 is 0 Å². The molecule has 0 aliphatic heterocycles. The zero-order valence-corrected chi connectivity index (χ0v) is 18.6. The zero-order valence-electron chi connectivity index (χ0n) is 17.8. The molecule has 0 amide bonds. The first-order valence-electron chi connectivity index (χ1n) is 9.74. The van der Waals surface area contributed by atoms with Crippen LogP contribution in [-0.4, -0.2) is 10.9 Å². The first kappa shape index (κ1) is 22.9. The summed E-state index contributed by atoms with van der Waals surface area (Å²) in [6, 6.07) is 9.81. The highest BCUT2D eigenvalue weighted by atomic mass is 35.5. The Labute approximate surface area is 177 Å². The molecule has 156 valence electrons. The molecule has 0 radical (unpaired) electrons. The lowest BCUT2D eigenvalue weighted by atomic mass is 9.76. The normalized spacial score (nSPS) is 12.0. The van der Waals surface area contributed by atoms with Crippen molar-refractivity contribution >= 4 is 23.3 Å². The van der Waals surface area contributed by atoms with Crippen molar-refractivity contribution < 1.29 is 14.5 Å². The van der Waals surface area contributed by atoms with E-state index in [4.69, 9.17) is 16.3 Å². The van der Waals surface area contributed by atoms with Crippen LogP contribution in [0.25, 0.3) is 0 Å². The van der Waals surface area contributed by atoms with Crippen molar-refractivity contribution in [2.45, 2.75) is 65.2 Å². The van der Waals surface area contributed by atoms with E-state index in [-0.39, 0.29) is 27.1 Å². The second-order valence-corrected chi connectivity index (χ2v) is 8.91. The number of benzene rings is 2. The quantitative estimate of drug-likeness (QED) is 0.214. The lowest BCUT2D eigenvalue weighted by Gasteiger charge is -2.30. The maximum absolute atomic E-state index is 12.7. The maximum atomic E-state index is 12.7. The Morgan fingerprint density at radius 3 is 2.21 bits per heavy atom. The number of rotatable bonds is 7. The number of carbonyl (C=O) groups excluding carboxylic acids is 1. The summed E-state index contributed by atoms with van der Waals surface area (Å²) in [5.74, 6) is -0.185. The number of halogens is 1. The Morgan fingerprint density at radius 1 is 1.03 bits per heavy atom. The maximum Gasteiger partial charge on any atom is 0.343 e. The number of hydrogen-bond acceptors (Lipinski definition) is 4. The number of carbonyl (C=O) groups is 1. The van der Waals surface area contributed by atoms with Crippen LogP contribution in [0.15, 0.2) is 36.4 Å². The van der Waals surface area contributed by atoms with Crippen LogP contribution >= 0.6 is 11.6 Å². The van der Waals surface area contributed by atoms with Crippen molar-refractivity contribution in [2.75, 3.05) is 0 Å². The van der Waals surface area contributed by atoms with E-state index in [0.717, 1.165) is 24.5 Å². The third kappa shape index (κ3) is 4.96. The fourth-order valence-electron chi connectivity index (χ4n) is 2.90.